The highest BCUT2D eigenvalue weighted by Crippen LogP contribution is 2.01. The maximum absolute atomic E-state index is 10.6. The minimum absolute atomic E-state index is 0.439. The molecule has 4 heteroatoms. The molecule has 0 aliphatic heterocycles. The lowest BCUT2D eigenvalue weighted by molar-refractivity contribution is 0.0838. The maximum atomic E-state index is 10.6. The summed E-state index contributed by atoms with van der Waals surface area (Å²) >= 11 is 0. The van der Waals surface area contributed by atoms with Crippen LogP contribution >= 0.6 is 0 Å². The standard InChI is InChI=1S/C9H18O3Si/c1-4-11-9(10)12-7-5-6-8-13(2)3/h4,13H,1,5-8H2,2-3H3. The molecule has 0 aliphatic rings. The lowest BCUT2D eigenvalue weighted by Gasteiger charge is -2.03. The molecule has 76 valence electrons. The number of ether oxygens (including phenoxy) is 2. The Labute approximate surface area is 81.3 Å². The fourth-order valence-corrected chi connectivity index (χ4v) is 2.02. The molecule has 0 rings (SSSR count). The van der Waals surface area contributed by atoms with Crippen LogP contribution < -0.4 is 0 Å². The molecule has 0 saturated heterocycles. The van der Waals surface area contributed by atoms with Crippen LogP contribution in [0.25, 0.3) is 0 Å². The second-order valence-electron chi connectivity index (χ2n) is 3.27. The van der Waals surface area contributed by atoms with Gasteiger partial charge in [-0.25, -0.2) is 4.79 Å². The van der Waals surface area contributed by atoms with Gasteiger partial charge in [0.15, 0.2) is 0 Å². The number of rotatable bonds is 6. The van der Waals surface area contributed by atoms with Crippen molar-refractivity contribution in [3.63, 3.8) is 0 Å². The first-order valence-electron chi connectivity index (χ1n) is 4.61. The summed E-state index contributed by atoms with van der Waals surface area (Å²) in [5.41, 5.74) is 0. The fourth-order valence-electron chi connectivity index (χ4n) is 0.912. The van der Waals surface area contributed by atoms with Crippen molar-refractivity contribution in [3.05, 3.63) is 12.8 Å². The van der Waals surface area contributed by atoms with Crippen molar-refractivity contribution in [3.8, 4) is 0 Å². The van der Waals surface area contributed by atoms with Gasteiger partial charge in [-0.3, -0.25) is 0 Å². The lowest BCUT2D eigenvalue weighted by atomic mass is 10.4. The molecule has 13 heavy (non-hydrogen) atoms. The quantitative estimate of drug-likeness (QED) is 0.287. The first-order chi connectivity index (χ1) is 6.16. The van der Waals surface area contributed by atoms with Crippen LogP contribution in [0.2, 0.25) is 19.1 Å². The summed E-state index contributed by atoms with van der Waals surface area (Å²) in [6.45, 7) is 8.33. The molecule has 0 aliphatic carbocycles. The van der Waals surface area contributed by atoms with Gasteiger partial charge in [-0.2, -0.15) is 0 Å². The predicted molar refractivity (Wildman–Crippen MR) is 55.5 cm³/mol. The van der Waals surface area contributed by atoms with Gasteiger partial charge in [0.25, 0.3) is 0 Å². The number of carbonyl (C=O) groups is 1. The minimum Gasteiger partial charge on any atom is -0.434 e. The van der Waals surface area contributed by atoms with Crippen LogP contribution in [0.5, 0.6) is 0 Å². The Balaban J connectivity index is 3.16. The van der Waals surface area contributed by atoms with Crippen LogP contribution in [0.3, 0.4) is 0 Å². The highest BCUT2D eigenvalue weighted by molar-refractivity contribution is 6.55. The van der Waals surface area contributed by atoms with Crippen LogP contribution in [0, 0.1) is 0 Å². The van der Waals surface area contributed by atoms with Crippen molar-refractivity contribution in [2.24, 2.45) is 0 Å². The number of unbranched alkanes of at least 4 members (excludes halogenated alkanes) is 1. The molecule has 0 heterocycles. The molecular formula is C9H18O3Si. The third-order valence-electron chi connectivity index (χ3n) is 1.58. The molecule has 0 fully saturated rings. The Morgan fingerprint density at radius 3 is 2.69 bits per heavy atom. The van der Waals surface area contributed by atoms with Crippen LogP contribution in [-0.4, -0.2) is 21.6 Å². The van der Waals surface area contributed by atoms with Gasteiger partial charge in [0.1, 0.15) is 0 Å². The zero-order valence-corrected chi connectivity index (χ0v) is 9.57. The maximum Gasteiger partial charge on any atom is 0.513 e. The summed E-state index contributed by atoms with van der Waals surface area (Å²) in [4.78, 5) is 10.6. The smallest absolute Gasteiger partial charge is 0.434 e. The third kappa shape index (κ3) is 9.14. The molecule has 0 aromatic rings. The highest BCUT2D eigenvalue weighted by atomic mass is 28.3. The van der Waals surface area contributed by atoms with Crippen molar-refractivity contribution in [2.75, 3.05) is 6.61 Å². The monoisotopic (exact) mass is 202 g/mol. The fraction of sp³-hybridized carbons (Fsp3) is 0.667. The lowest BCUT2D eigenvalue weighted by Crippen LogP contribution is -2.06. The van der Waals surface area contributed by atoms with Gasteiger partial charge in [0, 0.05) is 8.80 Å². The summed E-state index contributed by atoms with van der Waals surface area (Å²) in [5.74, 6) is 0. The summed E-state index contributed by atoms with van der Waals surface area (Å²) < 4.78 is 9.13. The molecule has 0 aromatic heterocycles. The number of hydrogen-bond acceptors (Lipinski definition) is 3. The Hall–Kier alpha value is -0.773. The van der Waals surface area contributed by atoms with Crippen molar-refractivity contribution < 1.29 is 14.3 Å². The van der Waals surface area contributed by atoms with E-state index in [0.29, 0.717) is 6.61 Å². The molecule has 0 saturated carbocycles. The van der Waals surface area contributed by atoms with Crippen LogP contribution in [-0.2, 0) is 9.47 Å². The van der Waals surface area contributed by atoms with E-state index in [1.807, 2.05) is 0 Å². The van der Waals surface area contributed by atoms with E-state index >= 15 is 0 Å². The topological polar surface area (TPSA) is 35.5 Å². The average molecular weight is 202 g/mol. The third-order valence-corrected chi connectivity index (χ3v) is 3.14. The van der Waals surface area contributed by atoms with Crippen LogP contribution in [0.15, 0.2) is 12.8 Å². The van der Waals surface area contributed by atoms with Gasteiger partial charge in [0.05, 0.1) is 12.9 Å². The van der Waals surface area contributed by atoms with Crippen molar-refractivity contribution in [2.45, 2.75) is 32.0 Å². The normalized spacial score (nSPS) is 9.77. The molecule has 0 radical (unpaired) electrons. The highest BCUT2D eigenvalue weighted by Gasteiger charge is 2.00. The zero-order chi connectivity index (χ0) is 10.1. The Morgan fingerprint density at radius 2 is 2.15 bits per heavy atom. The van der Waals surface area contributed by atoms with Crippen molar-refractivity contribution in [1.82, 2.24) is 0 Å². The summed E-state index contributed by atoms with van der Waals surface area (Å²) in [6.07, 6.45) is 2.49. The van der Waals surface area contributed by atoms with E-state index in [4.69, 9.17) is 4.74 Å². The van der Waals surface area contributed by atoms with E-state index in [-0.39, 0.29) is 0 Å². The van der Waals surface area contributed by atoms with E-state index in [2.05, 4.69) is 24.4 Å². The molecule has 0 atom stereocenters. The van der Waals surface area contributed by atoms with Crippen LogP contribution in [0.4, 0.5) is 4.79 Å². The first-order valence-corrected chi connectivity index (χ1v) is 7.73. The van der Waals surface area contributed by atoms with E-state index in [0.717, 1.165) is 19.1 Å². The van der Waals surface area contributed by atoms with Gasteiger partial charge >= 0.3 is 6.16 Å². The Kier molecular flexibility index (Phi) is 7.39. The van der Waals surface area contributed by atoms with E-state index in [1.165, 1.54) is 6.04 Å². The van der Waals surface area contributed by atoms with Gasteiger partial charge in [-0.05, 0) is 6.42 Å². The molecule has 0 aromatic carbocycles. The van der Waals surface area contributed by atoms with Gasteiger partial charge in [-0.1, -0.05) is 32.1 Å². The van der Waals surface area contributed by atoms with Crippen LogP contribution in [0.1, 0.15) is 12.8 Å². The Morgan fingerprint density at radius 1 is 1.46 bits per heavy atom. The molecule has 3 nitrogen and oxygen atoms in total. The van der Waals surface area contributed by atoms with Gasteiger partial charge in [0.2, 0.25) is 0 Å². The van der Waals surface area contributed by atoms with Gasteiger partial charge < -0.3 is 9.47 Å². The molecule has 0 unspecified atom stereocenters. The van der Waals surface area contributed by atoms with E-state index < -0.39 is 15.0 Å². The molecule has 0 spiro atoms. The number of carbonyl (C=O) groups excluding carboxylic acids is 1. The zero-order valence-electron chi connectivity index (χ0n) is 8.41. The Bertz CT molecular complexity index is 157. The second kappa shape index (κ2) is 7.85. The second-order valence-corrected chi connectivity index (χ2v) is 6.64. The van der Waals surface area contributed by atoms with Crippen molar-refractivity contribution >= 4 is 15.0 Å². The van der Waals surface area contributed by atoms with E-state index in [1.54, 1.807) is 0 Å². The van der Waals surface area contributed by atoms with Gasteiger partial charge in [-0.15, -0.1) is 0 Å². The van der Waals surface area contributed by atoms with Crippen molar-refractivity contribution in [1.29, 1.82) is 0 Å². The predicted octanol–water partition coefficient (Wildman–Crippen LogP) is 2.55. The summed E-state index contributed by atoms with van der Waals surface area (Å²) in [7, 11) is -0.439. The number of hydrogen-bond donors (Lipinski definition) is 0. The average Bonchev–Trinajstić information content (AvgIpc) is 2.03. The summed E-state index contributed by atoms with van der Waals surface area (Å²) in [6, 6.07) is 1.31. The largest absolute Gasteiger partial charge is 0.513 e. The first kappa shape index (κ1) is 12.2. The molecular weight excluding hydrogens is 184 g/mol. The summed E-state index contributed by atoms with van der Waals surface area (Å²) in [5, 5.41) is 0. The molecule has 0 amide bonds. The minimum atomic E-state index is -0.656. The SMILES string of the molecule is C=COC(=O)OCCCC[SiH](C)C. The molecule has 0 N–H and O–H groups in total. The molecule has 0 bridgehead atoms. The van der Waals surface area contributed by atoms with E-state index in [9.17, 15) is 4.79 Å².